The van der Waals surface area contributed by atoms with Crippen LogP contribution in [-0.4, -0.2) is 42.1 Å². The number of imidazole rings is 1. The third-order valence-electron chi connectivity index (χ3n) is 6.25. The van der Waals surface area contributed by atoms with Crippen LogP contribution in [0.5, 0.6) is 0 Å². The van der Waals surface area contributed by atoms with Crippen LogP contribution in [0.2, 0.25) is 0 Å². The molecule has 0 aliphatic heterocycles. The predicted molar refractivity (Wildman–Crippen MR) is 138 cm³/mol. The highest BCUT2D eigenvalue weighted by atomic mass is 16.3. The lowest BCUT2D eigenvalue weighted by Crippen LogP contribution is -2.32. The molecule has 0 spiro atoms. The van der Waals surface area contributed by atoms with Crippen LogP contribution in [0.15, 0.2) is 91.3 Å². The number of aryl methyl sites for hydroxylation is 1. The molecular formula is C28H27N5O3. The maximum absolute atomic E-state index is 13.0. The quantitative estimate of drug-likeness (QED) is 0.313. The molecule has 182 valence electrons. The molecule has 0 saturated heterocycles. The maximum Gasteiger partial charge on any atom is 0.255 e. The average Bonchev–Trinajstić information content (AvgIpc) is 3.53. The smallest absolute Gasteiger partial charge is 0.255 e. The Balaban J connectivity index is 1.58. The molecule has 5 rings (SSSR count). The molecule has 8 heteroatoms. The van der Waals surface area contributed by atoms with Gasteiger partial charge in [-0.15, -0.1) is 0 Å². The molecule has 0 unspecified atom stereocenters. The number of carbonyl (C=O) groups is 1. The third-order valence-corrected chi connectivity index (χ3v) is 6.25. The zero-order valence-electron chi connectivity index (χ0n) is 19.9. The fourth-order valence-corrected chi connectivity index (χ4v) is 4.50. The summed E-state index contributed by atoms with van der Waals surface area (Å²) in [7, 11) is 0. The first-order valence-corrected chi connectivity index (χ1v) is 11.8. The molecule has 0 bridgehead atoms. The second-order valence-corrected chi connectivity index (χ2v) is 8.50. The molecule has 0 saturated carbocycles. The number of aromatic nitrogens is 4. The van der Waals surface area contributed by atoms with Gasteiger partial charge in [-0.25, -0.2) is 4.98 Å². The zero-order chi connectivity index (χ0) is 25.1. The molecule has 5 aromatic rings. The van der Waals surface area contributed by atoms with Gasteiger partial charge in [0.25, 0.3) is 5.91 Å². The van der Waals surface area contributed by atoms with Crippen molar-refractivity contribution in [1.82, 2.24) is 19.3 Å². The van der Waals surface area contributed by atoms with E-state index in [4.69, 9.17) is 10.1 Å². The molecule has 3 N–H and O–H groups in total. The van der Waals surface area contributed by atoms with Gasteiger partial charge in [0.2, 0.25) is 0 Å². The molecule has 2 aromatic heterocycles. The van der Waals surface area contributed by atoms with Crippen molar-refractivity contribution in [3.63, 3.8) is 0 Å². The average molecular weight is 482 g/mol. The summed E-state index contributed by atoms with van der Waals surface area (Å²) in [5.41, 5.74) is 2.37. The van der Waals surface area contributed by atoms with Crippen LogP contribution in [0, 0.1) is 0 Å². The summed E-state index contributed by atoms with van der Waals surface area (Å²) in [4.78, 5) is 17.9. The number of nitrogens with zero attached hydrogens (tertiary/aromatic N) is 4. The first-order valence-electron chi connectivity index (χ1n) is 11.8. The highest BCUT2D eigenvalue weighted by molar-refractivity contribution is 6.05. The van der Waals surface area contributed by atoms with Crippen LogP contribution < -0.4 is 5.32 Å². The molecule has 2 heterocycles. The van der Waals surface area contributed by atoms with Gasteiger partial charge in [-0.2, -0.15) is 5.10 Å². The van der Waals surface area contributed by atoms with Gasteiger partial charge in [0.1, 0.15) is 0 Å². The third kappa shape index (κ3) is 4.17. The zero-order valence-corrected chi connectivity index (χ0v) is 19.9. The molecule has 0 fully saturated rings. The Hall–Kier alpha value is -4.27. The summed E-state index contributed by atoms with van der Waals surface area (Å²) in [5, 5.41) is 28.3. The molecule has 0 aliphatic carbocycles. The number of nitrogens with one attached hydrogen (secondary N) is 1. The van der Waals surface area contributed by atoms with E-state index in [0.29, 0.717) is 46.8 Å². The van der Waals surface area contributed by atoms with Crippen molar-refractivity contribution in [1.29, 1.82) is 0 Å². The lowest BCUT2D eigenvalue weighted by atomic mass is 9.85. The van der Waals surface area contributed by atoms with Crippen LogP contribution in [-0.2, 0) is 18.7 Å². The van der Waals surface area contributed by atoms with E-state index in [0.717, 1.165) is 5.52 Å². The lowest BCUT2D eigenvalue weighted by Gasteiger charge is -2.29. The van der Waals surface area contributed by atoms with Gasteiger partial charge in [-0.3, -0.25) is 9.48 Å². The van der Waals surface area contributed by atoms with E-state index in [1.807, 2.05) is 72.2 Å². The van der Waals surface area contributed by atoms with Crippen molar-refractivity contribution in [2.24, 2.45) is 0 Å². The number of anilines is 1. The molecule has 1 amide bonds. The number of fused-ring (bicyclic) bond motifs is 1. The fourth-order valence-electron chi connectivity index (χ4n) is 4.50. The molecule has 0 aliphatic rings. The minimum absolute atomic E-state index is 0.0343. The van der Waals surface area contributed by atoms with Gasteiger partial charge in [0, 0.05) is 18.3 Å². The number of rotatable bonds is 8. The normalized spacial score (nSPS) is 11.6. The molecule has 0 atom stereocenters. The Morgan fingerprint density at radius 2 is 1.67 bits per heavy atom. The Bertz CT molecular complexity index is 1450. The van der Waals surface area contributed by atoms with Crippen LogP contribution in [0.1, 0.15) is 34.2 Å². The topological polar surface area (TPSA) is 105 Å². The van der Waals surface area contributed by atoms with Crippen LogP contribution >= 0.6 is 0 Å². The molecular weight excluding hydrogens is 454 g/mol. The number of hydrogen-bond acceptors (Lipinski definition) is 5. The maximum atomic E-state index is 13.0. The summed E-state index contributed by atoms with van der Waals surface area (Å²) >= 11 is 0. The largest absolute Gasteiger partial charge is 0.394 e. The van der Waals surface area contributed by atoms with E-state index < -0.39 is 5.60 Å². The summed E-state index contributed by atoms with van der Waals surface area (Å²) < 4.78 is 3.51. The van der Waals surface area contributed by atoms with Crippen LogP contribution in [0.4, 0.5) is 5.69 Å². The number of aliphatic hydroxyl groups is 2. The van der Waals surface area contributed by atoms with E-state index in [1.165, 1.54) is 0 Å². The molecule has 8 nitrogen and oxygen atoms in total. The number of hydrogen-bond donors (Lipinski definition) is 3. The fraction of sp³-hybridized carbons (Fsp3) is 0.179. The van der Waals surface area contributed by atoms with Crippen LogP contribution in [0.25, 0.3) is 11.0 Å². The summed E-state index contributed by atoms with van der Waals surface area (Å²) in [6, 6.07) is 24.3. The Morgan fingerprint density at radius 3 is 2.28 bits per heavy atom. The Morgan fingerprint density at radius 1 is 1.00 bits per heavy atom. The molecule has 36 heavy (non-hydrogen) atoms. The summed E-state index contributed by atoms with van der Waals surface area (Å²) in [5.74, 6) is 0.201. The van der Waals surface area contributed by atoms with E-state index in [2.05, 4.69) is 10.4 Å². The van der Waals surface area contributed by atoms with Crippen molar-refractivity contribution in [2.75, 3.05) is 11.9 Å². The second kappa shape index (κ2) is 9.77. The van der Waals surface area contributed by atoms with Gasteiger partial charge >= 0.3 is 0 Å². The first-order chi connectivity index (χ1) is 17.5. The molecule has 0 radical (unpaired) electrons. The van der Waals surface area contributed by atoms with E-state index in [9.17, 15) is 9.90 Å². The summed E-state index contributed by atoms with van der Waals surface area (Å²) in [6.07, 6.45) is 3.21. The highest BCUT2D eigenvalue weighted by Gasteiger charge is 2.38. The minimum Gasteiger partial charge on any atom is -0.394 e. The van der Waals surface area contributed by atoms with Gasteiger partial charge in [0.15, 0.2) is 11.4 Å². The lowest BCUT2D eigenvalue weighted by molar-refractivity contribution is 0.102. The van der Waals surface area contributed by atoms with E-state index >= 15 is 0 Å². The number of benzene rings is 3. The number of aliphatic hydroxyl groups excluding tert-OH is 1. The summed E-state index contributed by atoms with van der Waals surface area (Å²) in [6.45, 7) is 2.86. The predicted octanol–water partition coefficient (Wildman–Crippen LogP) is 3.78. The molecule has 3 aromatic carbocycles. The van der Waals surface area contributed by atoms with E-state index in [-0.39, 0.29) is 12.5 Å². The van der Waals surface area contributed by atoms with Gasteiger partial charge in [-0.05, 0) is 36.2 Å². The number of amides is 1. The second-order valence-electron chi connectivity index (χ2n) is 8.50. The van der Waals surface area contributed by atoms with Crippen molar-refractivity contribution >= 4 is 22.6 Å². The van der Waals surface area contributed by atoms with Crippen molar-refractivity contribution < 1.29 is 15.0 Å². The van der Waals surface area contributed by atoms with Crippen molar-refractivity contribution in [3.05, 3.63) is 114 Å². The first kappa shape index (κ1) is 23.5. The standard InChI is InChI=1S/C28H27N5O3/c1-2-33-25-17-20(26(35)30-23-18-29-32(19-23)15-16-34)13-14-24(25)31-27(33)28(36,21-9-5-3-6-10-21)22-11-7-4-8-12-22/h3-14,17-19,34,36H,2,15-16H2,1H3,(H,30,35). The Labute approximate surface area is 208 Å². The minimum atomic E-state index is -1.48. The van der Waals surface area contributed by atoms with Gasteiger partial charge in [-0.1, -0.05) is 60.7 Å². The highest BCUT2D eigenvalue weighted by Crippen LogP contribution is 2.37. The van der Waals surface area contributed by atoms with Crippen LogP contribution in [0.3, 0.4) is 0 Å². The van der Waals surface area contributed by atoms with Crippen molar-refractivity contribution in [2.45, 2.75) is 25.6 Å². The SMILES string of the molecule is CCn1c(C(O)(c2ccccc2)c2ccccc2)nc2ccc(C(=O)Nc3cnn(CCO)c3)cc21. The van der Waals surface area contributed by atoms with Crippen molar-refractivity contribution in [3.8, 4) is 0 Å². The van der Waals surface area contributed by atoms with Gasteiger partial charge in [0.05, 0.1) is 36.1 Å². The monoisotopic (exact) mass is 481 g/mol. The number of carbonyl (C=O) groups excluding carboxylic acids is 1. The van der Waals surface area contributed by atoms with Gasteiger partial charge < -0.3 is 20.1 Å². The Kier molecular flexibility index (Phi) is 6.37. The van der Waals surface area contributed by atoms with E-state index in [1.54, 1.807) is 35.3 Å².